The number of nitrogens with two attached hydrogens (primary N) is 1. The third-order valence-corrected chi connectivity index (χ3v) is 4.60. The maximum Gasteiger partial charge on any atom is 0.265 e. The summed E-state index contributed by atoms with van der Waals surface area (Å²) in [7, 11) is -3.72. The molecule has 0 amide bonds. The van der Waals surface area contributed by atoms with E-state index >= 15 is 0 Å². The lowest BCUT2D eigenvalue weighted by Gasteiger charge is -2.08. The molecule has 0 saturated carbocycles. The van der Waals surface area contributed by atoms with E-state index < -0.39 is 10.0 Å². The van der Waals surface area contributed by atoms with Gasteiger partial charge in [0, 0.05) is 6.54 Å². The van der Waals surface area contributed by atoms with Gasteiger partial charge in [0.05, 0.1) is 29.5 Å². The first kappa shape index (κ1) is 15.4. The fraction of sp³-hybridized carbons (Fsp3) is 0.417. The topological polar surface area (TPSA) is 116 Å². The van der Waals surface area contributed by atoms with Crippen LogP contribution in [0.3, 0.4) is 0 Å². The van der Waals surface area contributed by atoms with Crippen LogP contribution in [0, 0.1) is 13.8 Å². The van der Waals surface area contributed by atoms with Gasteiger partial charge in [0.25, 0.3) is 10.0 Å². The highest BCUT2D eigenvalue weighted by Gasteiger charge is 2.24. The van der Waals surface area contributed by atoms with Gasteiger partial charge in [-0.15, -0.1) is 0 Å². The number of rotatable bonds is 6. The first-order valence-electron chi connectivity index (χ1n) is 6.47. The predicted molar refractivity (Wildman–Crippen MR) is 78.2 cm³/mol. The van der Waals surface area contributed by atoms with Crippen LogP contribution in [0.2, 0.25) is 0 Å². The molecule has 0 fully saturated rings. The number of aromatic nitrogens is 4. The molecule has 0 spiro atoms. The van der Waals surface area contributed by atoms with Crippen LogP contribution in [0.4, 0.5) is 5.69 Å². The highest BCUT2D eigenvalue weighted by molar-refractivity contribution is 7.92. The summed E-state index contributed by atoms with van der Waals surface area (Å²) in [5.74, 6) is 0. The first-order chi connectivity index (χ1) is 9.95. The Labute approximate surface area is 123 Å². The second kappa shape index (κ2) is 6.19. The number of sulfonamides is 1. The Hall–Kier alpha value is -2.00. The number of hydrogen-bond acceptors (Lipinski definition) is 6. The Morgan fingerprint density at radius 1 is 1.29 bits per heavy atom. The summed E-state index contributed by atoms with van der Waals surface area (Å²) < 4.78 is 29.1. The summed E-state index contributed by atoms with van der Waals surface area (Å²) in [6, 6.07) is 0. The van der Waals surface area contributed by atoms with Crippen LogP contribution in [-0.4, -0.2) is 34.7 Å². The van der Waals surface area contributed by atoms with E-state index in [0.717, 1.165) is 6.42 Å². The summed E-state index contributed by atoms with van der Waals surface area (Å²) in [5.41, 5.74) is 6.83. The minimum Gasteiger partial charge on any atom is -0.330 e. The van der Waals surface area contributed by atoms with E-state index in [9.17, 15) is 8.42 Å². The normalized spacial score (nSPS) is 11.6. The monoisotopic (exact) mass is 310 g/mol. The largest absolute Gasteiger partial charge is 0.330 e. The van der Waals surface area contributed by atoms with Gasteiger partial charge in [-0.1, -0.05) is 0 Å². The summed E-state index contributed by atoms with van der Waals surface area (Å²) in [5, 5.41) is 4.27. The molecule has 0 aliphatic rings. The second-order valence-corrected chi connectivity index (χ2v) is 6.22. The first-order valence-corrected chi connectivity index (χ1v) is 7.96. The third-order valence-electron chi connectivity index (χ3n) is 2.97. The minimum absolute atomic E-state index is 0.184. The molecular formula is C12H18N6O2S. The van der Waals surface area contributed by atoms with Crippen molar-refractivity contribution in [3.63, 3.8) is 0 Å². The number of nitrogens with one attached hydrogen (secondary N) is 1. The molecular weight excluding hydrogens is 292 g/mol. The Morgan fingerprint density at radius 3 is 2.57 bits per heavy atom. The van der Waals surface area contributed by atoms with Crippen LogP contribution in [0.25, 0.3) is 0 Å². The van der Waals surface area contributed by atoms with Crippen LogP contribution in [0.15, 0.2) is 23.6 Å². The van der Waals surface area contributed by atoms with Crippen LogP contribution in [-0.2, 0) is 16.6 Å². The van der Waals surface area contributed by atoms with E-state index in [0.29, 0.717) is 30.2 Å². The molecule has 9 heteroatoms. The highest BCUT2D eigenvalue weighted by Crippen LogP contribution is 2.22. The van der Waals surface area contributed by atoms with Crippen molar-refractivity contribution in [3.05, 3.63) is 30.1 Å². The molecule has 0 bridgehead atoms. The molecule has 0 aliphatic carbocycles. The van der Waals surface area contributed by atoms with Crippen molar-refractivity contribution in [1.82, 2.24) is 19.7 Å². The molecule has 0 saturated heterocycles. The molecule has 3 N–H and O–H groups in total. The van der Waals surface area contributed by atoms with E-state index in [2.05, 4.69) is 19.8 Å². The molecule has 0 aliphatic heterocycles. The zero-order valence-electron chi connectivity index (χ0n) is 11.9. The zero-order chi connectivity index (χ0) is 15.5. The SMILES string of the molecule is Cc1nn(CCCN)c(C)c1S(=O)(=O)Nc1cncnc1. The van der Waals surface area contributed by atoms with Crippen molar-refractivity contribution in [2.24, 2.45) is 5.73 Å². The maximum absolute atomic E-state index is 12.5. The standard InChI is InChI=1S/C12H18N6O2S/c1-9-12(10(2)18(16-9)5-3-4-13)21(19,20)17-11-6-14-8-15-7-11/h6-8,17H,3-5,13H2,1-2H3. The van der Waals surface area contributed by atoms with E-state index in [1.54, 1.807) is 18.5 Å². The van der Waals surface area contributed by atoms with Crippen molar-refractivity contribution in [2.45, 2.75) is 31.7 Å². The van der Waals surface area contributed by atoms with Crippen LogP contribution < -0.4 is 10.5 Å². The van der Waals surface area contributed by atoms with Crippen molar-refractivity contribution in [1.29, 1.82) is 0 Å². The van der Waals surface area contributed by atoms with E-state index in [1.807, 2.05) is 0 Å². The lowest BCUT2D eigenvalue weighted by atomic mass is 10.4. The molecule has 0 aromatic carbocycles. The van der Waals surface area contributed by atoms with Crippen molar-refractivity contribution in [3.8, 4) is 0 Å². The maximum atomic E-state index is 12.5. The third kappa shape index (κ3) is 3.37. The Morgan fingerprint density at radius 2 is 1.95 bits per heavy atom. The summed E-state index contributed by atoms with van der Waals surface area (Å²) in [4.78, 5) is 7.74. The molecule has 2 rings (SSSR count). The Bertz CT molecular complexity index is 711. The zero-order valence-corrected chi connectivity index (χ0v) is 12.8. The quantitative estimate of drug-likeness (QED) is 0.799. The molecule has 21 heavy (non-hydrogen) atoms. The lowest BCUT2D eigenvalue weighted by Crippen LogP contribution is -2.15. The minimum atomic E-state index is -3.72. The molecule has 0 atom stereocenters. The molecule has 8 nitrogen and oxygen atoms in total. The van der Waals surface area contributed by atoms with Gasteiger partial charge in [0.1, 0.15) is 11.2 Å². The molecule has 2 aromatic heterocycles. The number of hydrogen-bond donors (Lipinski definition) is 2. The van der Waals surface area contributed by atoms with Crippen molar-refractivity contribution in [2.75, 3.05) is 11.3 Å². The molecule has 0 unspecified atom stereocenters. The van der Waals surface area contributed by atoms with Gasteiger partial charge in [-0.05, 0) is 26.8 Å². The van der Waals surface area contributed by atoms with Crippen LogP contribution in [0.5, 0.6) is 0 Å². The van der Waals surface area contributed by atoms with Gasteiger partial charge in [0.15, 0.2) is 0 Å². The van der Waals surface area contributed by atoms with Gasteiger partial charge in [-0.25, -0.2) is 18.4 Å². The number of aryl methyl sites for hydroxylation is 2. The second-order valence-electron chi connectivity index (χ2n) is 4.60. The molecule has 0 radical (unpaired) electrons. The average Bonchev–Trinajstić information content (AvgIpc) is 2.72. The fourth-order valence-corrected chi connectivity index (χ4v) is 3.53. The van der Waals surface area contributed by atoms with Gasteiger partial charge < -0.3 is 5.73 Å². The lowest BCUT2D eigenvalue weighted by molar-refractivity contribution is 0.565. The predicted octanol–water partition coefficient (Wildman–Crippen LogP) is 0.440. The summed E-state index contributed by atoms with van der Waals surface area (Å²) in [6.07, 6.45) is 4.86. The Balaban J connectivity index is 2.34. The van der Waals surface area contributed by atoms with Crippen molar-refractivity contribution < 1.29 is 8.42 Å². The average molecular weight is 310 g/mol. The van der Waals surface area contributed by atoms with Gasteiger partial charge in [-0.2, -0.15) is 5.10 Å². The van der Waals surface area contributed by atoms with Crippen LogP contribution >= 0.6 is 0 Å². The van der Waals surface area contributed by atoms with Gasteiger partial charge in [0.2, 0.25) is 0 Å². The number of anilines is 1. The smallest absolute Gasteiger partial charge is 0.265 e. The van der Waals surface area contributed by atoms with E-state index in [4.69, 9.17) is 5.73 Å². The van der Waals surface area contributed by atoms with Gasteiger partial charge in [-0.3, -0.25) is 9.40 Å². The number of nitrogens with zero attached hydrogens (tertiary/aromatic N) is 4. The van der Waals surface area contributed by atoms with Gasteiger partial charge >= 0.3 is 0 Å². The van der Waals surface area contributed by atoms with E-state index in [1.165, 1.54) is 18.7 Å². The molecule has 2 aromatic rings. The summed E-state index contributed by atoms with van der Waals surface area (Å²) in [6.45, 7) is 4.52. The molecule has 2 heterocycles. The van der Waals surface area contributed by atoms with E-state index in [-0.39, 0.29) is 4.90 Å². The summed E-state index contributed by atoms with van der Waals surface area (Å²) >= 11 is 0. The molecule has 114 valence electrons. The fourth-order valence-electron chi connectivity index (χ4n) is 2.09. The Kier molecular flexibility index (Phi) is 4.53. The van der Waals surface area contributed by atoms with Crippen molar-refractivity contribution >= 4 is 15.7 Å². The van der Waals surface area contributed by atoms with Crippen LogP contribution in [0.1, 0.15) is 17.8 Å². The highest BCUT2D eigenvalue weighted by atomic mass is 32.2.